The van der Waals surface area contributed by atoms with Gasteiger partial charge < -0.3 is 24.8 Å². The average molecular weight is 437 g/mol. The van der Waals surface area contributed by atoms with Crippen LogP contribution in [0.4, 0.5) is 4.79 Å². The summed E-state index contributed by atoms with van der Waals surface area (Å²) < 4.78 is 11.1. The number of carbonyl (C=O) groups excluding carboxylic acids is 1. The monoisotopic (exact) mass is 436 g/mol. The van der Waals surface area contributed by atoms with E-state index in [2.05, 4.69) is 33.0 Å². The van der Waals surface area contributed by atoms with E-state index < -0.39 is 12.1 Å². The molecule has 0 aliphatic carbocycles. The van der Waals surface area contributed by atoms with Crippen LogP contribution in [0.2, 0.25) is 0 Å². The Labute approximate surface area is 187 Å². The first-order valence-electron chi connectivity index (χ1n) is 11.4. The topological polar surface area (TPSA) is 88.1 Å². The molecular formula is C24H40N2O5. The van der Waals surface area contributed by atoms with Gasteiger partial charge in [0.15, 0.2) is 6.10 Å². The molecule has 0 aliphatic rings. The fraction of sp³-hybridized carbons (Fsp3) is 0.667. The van der Waals surface area contributed by atoms with Gasteiger partial charge in [0.05, 0.1) is 6.54 Å². The molecule has 0 aromatic heterocycles. The van der Waals surface area contributed by atoms with Crippen molar-refractivity contribution in [1.29, 1.82) is 0 Å². The van der Waals surface area contributed by atoms with Gasteiger partial charge in [-0.15, -0.1) is 0 Å². The predicted octanol–water partition coefficient (Wildman–Crippen LogP) is 4.20. The number of aliphatic carboxylic acids is 1. The Morgan fingerprint density at radius 3 is 2.26 bits per heavy atom. The number of carboxylic acids is 1. The summed E-state index contributed by atoms with van der Waals surface area (Å²) in [5.74, 6) is 0.598. The van der Waals surface area contributed by atoms with Crippen LogP contribution in [-0.2, 0) is 16.0 Å². The zero-order valence-corrected chi connectivity index (χ0v) is 19.7. The van der Waals surface area contributed by atoms with E-state index >= 15 is 0 Å². The van der Waals surface area contributed by atoms with Crippen LogP contribution in [0.25, 0.3) is 0 Å². The molecule has 0 heterocycles. The highest BCUT2D eigenvalue weighted by Gasteiger charge is 2.19. The summed E-state index contributed by atoms with van der Waals surface area (Å²) in [6, 6.07) is 7.30. The summed E-state index contributed by atoms with van der Waals surface area (Å²) >= 11 is 0. The maximum absolute atomic E-state index is 12.6. The van der Waals surface area contributed by atoms with Gasteiger partial charge in [-0.25, -0.2) is 9.59 Å². The number of amides is 2. The molecule has 0 saturated heterocycles. The molecule has 31 heavy (non-hydrogen) atoms. The third-order valence-electron chi connectivity index (χ3n) is 5.20. The van der Waals surface area contributed by atoms with Gasteiger partial charge in [0.25, 0.3) is 0 Å². The van der Waals surface area contributed by atoms with Crippen molar-refractivity contribution in [3.05, 3.63) is 29.8 Å². The third-order valence-corrected chi connectivity index (χ3v) is 5.20. The van der Waals surface area contributed by atoms with Crippen LogP contribution in [0.15, 0.2) is 24.3 Å². The van der Waals surface area contributed by atoms with E-state index in [0.717, 1.165) is 18.4 Å². The van der Waals surface area contributed by atoms with Gasteiger partial charge in [-0.1, -0.05) is 52.7 Å². The highest BCUT2D eigenvalue weighted by Crippen LogP contribution is 2.15. The van der Waals surface area contributed by atoms with E-state index in [1.807, 2.05) is 29.2 Å². The number of hydrogen-bond donors (Lipinski definition) is 2. The van der Waals surface area contributed by atoms with E-state index in [0.29, 0.717) is 56.9 Å². The predicted molar refractivity (Wildman–Crippen MR) is 123 cm³/mol. The van der Waals surface area contributed by atoms with Gasteiger partial charge in [-0.3, -0.25) is 0 Å². The molecule has 1 aromatic rings. The SMILES string of the molecule is CCOC(Cc1ccc(OCCN(CC(CC)CC)C(=O)NCC(C)C)cc1)C(=O)O. The van der Waals surface area contributed by atoms with Crippen LogP contribution in [-0.4, -0.2) is 61.0 Å². The molecule has 1 unspecified atom stereocenters. The molecule has 1 rings (SSSR count). The number of carboxylic acid groups (broad SMARTS) is 1. The summed E-state index contributed by atoms with van der Waals surface area (Å²) in [7, 11) is 0. The van der Waals surface area contributed by atoms with Gasteiger partial charge in [-0.05, 0) is 36.5 Å². The number of nitrogens with one attached hydrogen (secondary N) is 1. The summed E-state index contributed by atoms with van der Waals surface area (Å²) in [4.78, 5) is 25.7. The molecule has 0 radical (unpaired) electrons. The maximum atomic E-state index is 12.6. The Bertz CT molecular complexity index is 644. The summed E-state index contributed by atoms with van der Waals surface area (Å²) in [5.41, 5.74) is 0.872. The second kappa shape index (κ2) is 14.7. The van der Waals surface area contributed by atoms with E-state index in [9.17, 15) is 14.7 Å². The molecule has 1 aromatic carbocycles. The lowest BCUT2D eigenvalue weighted by atomic mass is 10.0. The molecule has 1 atom stereocenters. The largest absolute Gasteiger partial charge is 0.492 e. The summed E-state index contributed by atoms with van der Waals surface area (Å²) in [6.45, 7) is 12.9. The molecule has 7 nitrogen and oxygen atoms in total. The lowest BCUT2D eigenvalue weighted by molar-refractivity contribution is -0.149. The number of nitrogens with zero attached hydrogens (tertiary/aromatic N) is 1. The minimum absolute atomic E-state index is 0.0461. The van der Waals surface area contributed by atoms with Crippen molar-refractivity contribution in [2.45, 2.75) is 60.0 Å². The summed E-state index contributed by atoms with van der Waals surface area (Å²) in [6.07, 6.45) is 1.53. The smallest absolute Gasteiger partial charge is 0.333 e. The molecule has 2 amide bonds. The number of ether oxygens (including phenoxy) is 2. The van der Waals surface area contributed by atoms with Crippen molar-refractivity contribution < 1.29 is 24.2 Å². The molecule has 0 aliphatic heterocycles. The van der Waals surface area contributed by atoms with Crippen molar-refractivity contribution in [1.82, 2.24) is 10.2 Å². The van der Waals surface area contributed by atoms with E-state index in [4.69, 9.17) is 9.47 Å². The molecule has 0 fully saturated rings. The molecular weight excluding hydrogens is 396 g/mol. The first-order valence-corrected chi connectivity index (χ1v) is 11.4. The van der Waals surface area contributed by atoms with Crippen molar-refractivity contribution in [3.8, 4) is 5.75 Å². The first-order chi connectivity index (χ1) is 14.8. The lowest BCUT2D eigenvalue weighted by Gasteiger charge is -2.27. The highest BCUT2D eigenvalue weighted by atomic mass is 16.5. The van der Waals surface area contributed by atoms with Gasteiger partial charge in [-0.2, -0.15) is 0 Å². The fourth-order valence-electron chi connectivity index (χ4n) is 3.17. The lowest BCUT2D eigenvalue weighted by Crippen LogP contribution is -2.45. The second-order valence-electron chi connectivity index (χ2n) is 8.19. The number of hydrogen-bond acceptors (Lipinski definition) is 4. The Morgan fingerprint density at radius 1 is 1.10 bits per heavy atom. The zero-order chi connectivity index (χ0) is 23.2. The van der Waals surface area contributed by atoms with Gasteiger partial charge in [0, 0.05) is 26.1 Å². The third kappa shape index (κ3) is 10.5. The van der Waals surface area contributed by atoms with Gasteiger partial charge in [0.1, 0.15) is 12.4 Å². The highest BCUT2D eigenvalue weighted by molar-refractivity contribution is 5.74. The van der Waals surface area contributed by atoms with Crippen LogP contribution >= 0.6 is 0 Å². The van der Waals surface area contributed by atoms with Crippen molar-refractivity contribution in [2.75, 3.05) is 32.8 Å². The number of rotatable bonds is 15. The Hall–Kier alpha value is -2.28. The van der Waals surface area contributed by atoms with Crippen molar-refractivity contribution >= 4 is 12.0 Å². The van der Waals surface area contributed by atoms with Crippen molar-refractivity contribution in [2.24, 2.45) is 11.8 Å². The van der Waals surface area contributed by atoms with Crippen LogP contribution < -0.4 is 10.1 Å². The van der Waals surface area contributed by atoms with Crippen LogP contribution in [0.5, 0.6) is 5.75 Å². The van der Waals surface area contributed by atoms with Gasteiger partial charge in [0.2, 0.25) is 0 Å². The molecule has 0 bridgehead atoms. The number of carbonyl (C=O) groups is 2. The van der Waals surface area contributed by atoms with E-state index in [1.54, 1.807) is 6.92 Å². The molecule has 0 saturated carbocycles. The average Bonchev–Trinajstić information content (AvgIpc) is 2.75. The standard InChI is InChI=1S/C24H40N2O5/c1-6-19(7-2)17-26(24(29)25-16-18(4)5)13-14-31-21-11-9-20(10-12-21)15-22(23(27)28)30-8-3/h9-12,18-19,22H,6-8,13-17H2,1-5H3,(H,25,29)(H,27,28). The maximum Gasteiger partial charge on any atom is 0.333 e. The van der Waals surface area contributed by atoms with Crippen LogP contribution in [0, 0.1) is 11.8 Å². The molecule has 0 spiro atoms. The first kappa shape index (κ1) is 26.8. The molecule has 7 heteroatoms. The van der Waals surface area contributed by atoms with Gasteiger partial charge >= 0.3 is 12.0 Å². The van der Waals surface area contributed by atoms with E-state index in [1.165, 1.54) is 0 Å². The van der Waals surface area contributed by atoms with Crippen LogP contribution in [0.1, 0.15) is 53.0 Å². The van der Waals surface area contributed by atoms with Crippen molar-refractivity contribution in [3.63, 3.8) is 0 Å². The normalized spacial score (nSPS) is 12.1. The Morgan fingerprint density at radius 2 is 1.74 bits per heavy atom. The second-order valence-corrected chi connectivity index (χ2v) is 8.19. The van der Waals surface area contributed by atoms with E-state index in [-0.39, 0.29) is 6.03 Å². The van der Waals surface area contributed by atoms with Crippen LogP contribution in [0.3, 0.4) is 0 Å². The fourth-order valence-corrected chi connectivity index (χ4v) is 3.17. The quantitative estimate of drug-likeness (QED) is 0.430. The summed E-state index contributed by atoms with van der Waals surface area (Å²) in [5, 5.41) is 12.2. The minimum Gasteiger partial charge on any atom is -0.492 e. The number of urea groups is 1. The number of benzene rings is 1. The zero-order valence-electron chi connectivity index (χ0n) is 19.7. The Balaban J connectivity index is 2.62. The molecule has 2 N–H and O–H groups in total. The molecule has 176 valence electrons. The Kier molecular flexibility index (Phi) is 12.7. The minimum atomic E-state index is -0.963.